The predicted octanol–water partition coefficient (Wildman–Crippen LogP) is 5.01. The van der Waals surface area contributed by atoms with E-state index in [1.54, 1.807) is 24.0 Å². The van der Waals surface area contributed by atoms with Crippen molar-refractivity contribution in [3.05, 3.63) is 64.5 Å². The Bertz CT molecular complexity index is 858. The molecule has 0 saturated heterocycles. The Labute approximate surface area is 138 Å². The minimum Gasteiger partial charge on any atom is -0.337 e. The Morgan fingerprint density at radius 2 is 1.61 bits per heavy atom. The molecule has 1 heterocycles. The third-order valence-electron chi connectivity index (χ3n) is 3.37. The van der Waals surface area contributed by atoms with Gasteiger partial charge in [0.2, 0.25) is 0 Å². The predicted molar refractivity (Wildman–Crippen MR) is 85.9 cm³/mol. The highest BCUT2D eigenvalue weighted by molar-refractivity contribution is 9.10. The number of benzene rings is 2. The lowest BCUT2D eigenvalue weighted by Gasteiger charge is -2.10. The highest BCUT2D eigenvalue weighted by Gasteiger charge is 2.11. The molecule has 1 N–H and O–H groups in total. The molecule has 7 heteroatoms. The van der Waals surface area contributed by atoms with Crippen molar-refractivity contribution in [1.82, 2.24) is 9.78 Å². The molecule has 118 valence electrons. The molecule has 3 rings (SSSR count). The number of nitrogens with zero attached hydrogens (tertiary/aromatic N) is 2. The van der Waals surface area contributed by atoms with Crippen LogP contribution in [0.5, 0.6) is 0 Å². The third-order valence-corrected chi connectivity index (χ3v) is 3.95. The number of aromatic nitrogens is 2. The van der Waals surface area contributed by atoms with Crippen molar-refractivity contribution in [3.63, 3.8) is 0 Å². The Morgan fingerprint density at radius 1 is 0.957 bits per heavy atom. The van der Waals surface area contributed by atoms with Crippen LogP contribution in [0.2, 0.25) is 0 Å². The van der Waals surface area contributed by atoms with E-state index in [0.29, 0.717) is 21.4 Å². The molecular formula is C16H11BrF3N3. The van der Waals surface area contributed by atoms with Crippen LogP contribution < -0.4 is 5.32 Å². The molecule has 0 aliphatic carbocycles. The van der Waals surface area contributed by atoms with Crippen molar-refractivity contribution in [2.45, 2.75) is 0 Å². The molecule has 0 aliphatic rings. The normalized spacial score (nSPS) is 10.8. The molecule has 3 aromatic rings. The fraction of sp³-hybridized carbons (Fsp3) is 0.0625. The molecule has 2 aromatic carbocycles. The number of nitrogens with one attached hydrogen (secondary N) is 1. The van der Waals surface area contributed by atoms with Crippen molar-refractivity contribution in [3.8, 4) is 11.1 Å². The van der Waals surface area contributed by atoms with Crippen molar-refractivity contribution < 1.29 is 13.2 Å². The van der Waals surface area contributed by atoms with Gasteiger partial charge in [0, 0.05) is 7.05 Å². The highest BCUT2D eigenvalue weighted by Crippen LogP contribution is 2.29. The van der Waals surface area contributed by atoms with Gasteiger partial charge in [-0.05, 0) is 51.3 Å². The number of hydrogen-bond acceptors (Lipinski definition) is 2. The lowest BCUT2D eigenvalue weighted by atomic mass is 10.0. The van der Waals surface area contributed by atoms with Crippen LogP contribution in [-0.4, -0.2) is 9.78 Å². The molecule has 0 spiro atoms. The Hall–Kier alpha value is -2.28. The van der Waals surface area contributed by atoms with Crippen molar-refractivity contribution in [2.24, 2.45) is 7.05 Å². The summed E-state index contributed by atoms with van der Waals surface area (Å²) < 4.78 is 42.8. The minimum absolute atomic E-state index is 0.251. The van der Waals surface area contributed by atoms with Gasteiger partial charge >= 0.3 is 0 Å². The fourth-order valence-corrected chi connectivity index (χ4v) is 2.60. The zero-order chi connectivity index (χ0) is 16.6. The van der Waals surface area contributed by atoms with Gasteiger partial charge in [0.15, 0.2) is 11.6 Å². The van der Waals surface area contributed by atoms with E-state index in [1.165, 1.54) is 18.2 Å². The van der Waals surface area contributed by atoms with Gasteiger partial charge in [0.1, 0.15) is 11.6 Å². The van der Waals surface area contributed by atoms with Crippen LogP contribution in [0, 0.1) is 17.5 Å². The van der Waals surface area contributed by atoms with Gasteiger partial charge in [-0.3, -0.25) is 4.68 Å². The molecule has 0 unspecified atom stereocenters. The smallest absolute Gasteiger partial charge is 0.159 e. The number of aryl methyl sites for hydroxylation is 1. The van der Waals surface area contributed by atoms with Gasteiger partial charge in [0.05, 0.1) is 16.4 Å². The van der Waals surface area contributed by atoms with Crippen LogP contribution in [0.25, 0.3) is 11.1 Å². The summed E-state index contributed by atoms with van der Waals surface area (Å²) in [5.74, 6) is -1.82. The quantitative estimate of drug-likeness (QED) is 0.690. The van der Waals surface area contributed by atoms with E-state index in [0.717, 1.165) is 12.1 Å². The minimum atomic E-state index is -0.969. The second-order valence-electron chi connectivity index (χ2n) is 4.91. The molecule has 23 heavy (non-hydrogen) atoms. The summed E-state index contributed by atoms with van der Waals surface area (Å²) in [6.45, 7) is 0. The van der Waals surface area contributed by atoms with Gasteiger partial charge in [-0.25, -0.2) is 13.2 Å². The summed E-state index contributed by atoms with van der Waals surface area (Å²) in [4.78, 5) is 0. The first-order chi connectivity index (χ1) is 11.0. The average Bonchev–Trinajstić information content (AvgIpc) is 2.83. The van der Waals surface area contributed by atoms with E-state index < -0.39 is 17.5 Å². The summed E-state index contributed by atoms with van der Waals surface area (Å²) in [6, 6.07) is 7.88. The number of rotatable bonds is 3. The topological polar surface area (TPSA) is 29.9 Å². The van der Waals surface area contributed by atoms with Crippen molar-refractivity contribution >= 4 is 27.4 Å². The standard InChI is InChI=1S/C16H11BrF3N3/c1-23-16(11(17)8-21-23)22-15-5-3-10(7-14(15)20)9-2-4-12(18)13(19)6-9/h2-8,22H,1H3. The Balaban J connectivity index is 1.93. The molecule has 0 radical (unpaired) electrons. The lowest BCUT2D eigenvalue weighted by molar-refractivity contribution is 0.509. The SMILES string of the molecule is Cn1ncc(Br)c1Nc1ccc(-c2ccc(F)c(F)c2)cc1F. The fourth-order valence-electron chi connectivity index (χ4n) is 2.15. The largest absolute Gasteiger partial charge is 0.337 e. The zero-order valence-corrected chi connectivity index (χ0v) is 13.5. The van der Waals surface area contributed by atoms with Gasteiger partial charge in [0.25, 0.3) is 0 Å². The van der Waals surface area contributed by atoms with E-state index in [1.807, 2.05) is 0 Å². The van der Waals surface area contributed by atoms with E-state index in [4.69, 9.17) is 0 Å². The van der Waals surface area contributed by atoms with Crippen LogP contribution in [0.15, 0.2) is 47.1 Å². The first kappa shape index (κ1) is 15.6. The van der Waals surface area contributed by atoms with Crippen molar-refractivity contribution in [2.75, 3.05) is 5.32 Å². The van der Waals surface area contributed by atoms with E-state index in [2.05, 4.69) is 26.3 Å². The second kappa shape index (κ2) is 6.08. The summed E-state index contributed by atoms with van der Waals surface area (Å²) in [5.41, 5.74) is 1.10. The molecule has 0 aliphatic heterocycles. The third kappa shape index (κ3) is 3.10. The summed E-state index contributed by atoms with van der Waals surface area (Å²) in [5, 5.41) is 6.97. The number of halogens is 4. The van der Waals surface area contributed by atoms with Crippen LogP contribution in [-0.2, 0) is 7.05 Å². The molecule has 0 atom stereocenters. The maximum Gasteiger partial charge on any atom is 0.159 e. The van der Waals surface area contributed by atoms with E-state index in [9.17, 15) is 13.2 Å². The molecule has 0 bridgehead atoms. The Kier molecular flexibility index (Phi) is 4.12. The monoisotopic (exact) mass is 381 g/mol. The molecular weight excluding hydrogens is 371 g/mol. The van der Waals surface area contributed by atoms with Gasteiger partial charge in [-0.2, -0.15) is 5.10 Å². The Morgan fingerprint density at radius 3 is 2.17 bits per heavy atom. The van der Waals surface area contributed by atoms with Crippen LogP contribution in [0.3, 0.4) is 0 Å². The number of hydrogen-bond donors (Lipinski definition) is 1. The summed E-state index contributed by atoms with van der Waals surface area (Å²) in [7, 11) is 1.72. The van der Waals surface area contributed by atoms with Crippen LogP contribution in [0.1, 0.15) is 0 Å². The van der Waals surface area contributed by atoms with Crippen LogP contribution >= 0.6 is 15.9 Å². The molecule has 0 saturated carbocycles. The highest BCUT2D eigenvalue weighted by atomic mass is 79.9. The maximum absolute atomic E-state index is 14.3. The number of anilines is 2. The van der Waals surface area contributed by atoms with Gasteiger partial charge in [-0.15, -0.1) is 0 Å². The van der Waals surface area contributed by atoms with E-state index >= 15 is 0 Å². The summed E-state index contributed by atoms with van der Waals surface area (Å²) >= 11 is 3.32. The molecule has 3 nitrogen and oxygen atoms in total. The maximum atomic E-state index is 14.3. The second-order valence-corrected chi connectivity index (χ2v) is 5.77. The van der Waals surface area contributed by atoms with Crippen LogP contribution in [0.4, 0.5) is 24.7 Å². The first-order valence-corrected chi connectivity index (χ1v) is 7.44. The molecule has 0 amide bonds. The van der Waals surface area contributed by atoms with E-state index in [-0.39, 0.29) is 5.69 Å². The van der Waals surface area contributed by atoms with Gasteiger partial charge < -0.3 is 5.32 Å². The molecule has 1 aromatic heterocycles. The van der Waals surface area contributed by atoms with Gasteiger partial charge in [-0.1, -0.05) is 12.1 Å². The molecule has 0 fully saturated rings. The average molecular weight is 382 g/mol. The lowest BCUT2D eigenvalue weighted by Crippen LogP contribution is -2.01. The summed E-state index contributed by atoms with van der Waals surface area (Å²) in [6.07, 6.45) is 1.59. The first-order valence-electron chi connectivity index (χ1n) is 6.65. The zero-order valence-electron chi connectivity index (χ0n) is 11.9. The van der Waals surface area contributed by atoms with Crippen molar-refractivity contribution in [1.29, 1.82) is 0 Å².